The predicted octanol–water partition coefficient (Wildman–Crippen LogP) is 4.62. The van der Waals surface area contributed by atoms with E-state index >= 15 is 0 Å². The van der Waals surface area contributed by atoms with Crippen LogP contribution in [-0.2, 0) is 22.6 Å². The Bertz CT molecular complexity index is 1070. The second kappa shape index (κ2) is 10.1. The summed E-state index contributed by atoms with van der Waals surface area (Å²) >= 11 is 0. The predicted molar refractivity (Wildman–Crippen MR) is 124 cm³/mol. The van der Waals surface area contributed by atoms with Crippen LogP contribution in [0.1, 0.15) is 48.1 Å². The van der Waals surface area contributed by atoms with Crippen molar-refractivity contribution in [1.29, 1.82) is 0 Å². The number of halogens is 6. The average Bonchev–Trinajstić information content (AvgIpc) is 3.43. The van der Waals surface area contributed by atoms with Crippen LogP contribution >= 0.6 is 0 Å². The van der Waals surface area contributed by atoms with Crippen molar-refractivity contribution in [3.05, 3.63) is 70.8 Å². The number of rotatable bonds is 7. The summed E-state index contributed by atoms with van der Waals surface area (Å²) < 4.78 is 86.0. The maximum atomic E-state index is 13.3. The Kier molecular flexibility index (Phi) is 7.46. The molecule has 2 aromatic carbocycles. The Morgan fingerprint density at radius 1 is 1.03 bits per heavy atom. The number of nitrogens with one attached hydrogen (secondary N) is 2. The SMILES string of the molecule is CC(OCC1(c2ccccc2)CCC(CO)(N2C=NNC2)CN1)c1cc(C(F)(F)F)cc(C(F)(F)F)c1. The Morgan fingerprint density at radius 2 is 1.68 bits per heavy atom. The molecule has 0 aromatic heterocycles. The van der Waals surface area contributed by atoms with Gasteiger partial charge in [-0.05, 0) is 49.1 Å². The molecule has 4 rings (SSSR count). The quantitative estimate of drug-likeness (QED) is 0.456. The van der Waals surface area contributed by atoms with Crippen molar-refractivity contribution < 1.29 is 36.2 Å². The van der Waals surface area contributed by atoms with Crippen molar-refractivity contribution in [2.75, 3.05) is 26.4 Å². The number of benzene rings is 2. The van der Waals surface area contributed by atoms with Crippen LogP contribution in [0, 0.1) is 0 Å². The van der Waals surface area contributed by atoms with E-state index in [1.54, 1.807) is 6.34 Å². The molecule has 3 N–H and O–H groups in total. The van der Waals surface area contributed by atoms with E-state index in [1.807, 2.05) is 35.2 Å². The fourth-order valence-corrected chi connectivity index (χ4v) is 4.77. The number of nitrogens with zero attached hydrogens (tertiary/aromatic N) is 2. The van der Waals surface area contributed by atoms with Crippen LogP contribution in [0.25, 0.3) is 0 Å². The van der Waals surface area contributed by atoms with Gasteiger partial charge in [-0.3, -0.25) is 5.43 Å². The van der Waals surface area contributed by atoms with Gasteiger partial charge in [0.25, 0.3) is 0 Å². The largest absolute Gasteiger partial charge is 0.416 e. The number of aliphatic hydroxyl groups is 1. The van der Waals surface area contributed by atoms with Crippen LogP contribution in [0.5, 0.6) is 0 Å². The highest BCUT2D eigenvalue weighted by atomic mass is 19.4. The molecule has 2 aliphatic rings. The van der Waals surface area contributed by atoms with Crippen LogP contribution in [-0.4, -0.2) is 48.3 Å². The van der Waals surface area contributed by atoms with E-state index in [1.165, 1.54) is 6.92 Å². The lowest BCUT2D eigenvalue weighted by atomic mass is 9.76. The van der Waals surface area contributed by atoms with Crippen molar-refractivity contribution in [3.8, 4) is 0 Å². The second-order valence-corrected chi connectivity index (χ2v) is 9.51. The number of ether oxygens (including phenoxy) is 1. The maximum Gasteiger partial charge on any atom is 0.416 e. The lowest BCUT2D eigenvalue weighted by molar-refractivity contribution is -0.143. The summed E-state index contributed by atoms with van der Waals surface area (Å²) in [7, 11) is 0. The highest BCUT2D eigenvalue weighted by Crippen LogP contribution is 2.40. The number of alkyl halides is 6. The minimum absolute atomic E-state index is 0.0103. The Morgan fingerprint density at radius 3 is 2.16 bits per heavy atom. The minimum Gasteiger partial charge on any atom is -0.394 e. The summed E-state index contributed by atoms with van der Waals surface area (Å²) in [5.41, 5.74) is -0.669. The topological polar surface area (TPSA) is 69.1 Å². The molecule has 0 aliphatic carbocycles. The van der Waals surface area contributed by atoms with E-state index in [4.69, 9.17) is 4.74 Å². The first-order chi connectivity index (χ1) is 17.4. The lowest BCUT2D eigenvalue weighted by Crippen LogP contribution is -2.65. The van der Waals surface area contributed by atoms with E-state index in [-0.39, 0.29) is 24.8 Å². The molecule has 1 saturated heterocycles. The van der Waals surface area contributed by atoms with Gasteiger partial charge in [0, 0.05) is 6.54 Å². The Hall–Kier alpha value is -2.83. The van der Waals surface area contributed by atoms with Gasteiger partial charge in [0.15, 0.2) is 0 Å². The van der Waals surface area contributed by atoms with E-state index < -0.39 is 40.7 Å². The molecule has 0 spiro atoms. The zero-order valence-electron chi connectivity index (χ0n) is 20.0. The third-order valence-corrected chi connectivity index (χ3v) is 7.19. The van der Waals surface area contributed by atoms with Crippen molar-refractivity contribution in [2.24, 2.45) is 5.10 Å². The fourth-order valence-electron chi connectivity index (χ4n) is 4.77. The molecular formula is C25H28F6N4O2. The highest BCUT2D eigenvalue weighted by Gasteiger charge is 2.47. The number of piperidine rings is 1. The van der Waals surface area contributed by atoms with Crippen LogP contribution < -0.4 is 10.7 Å². The second-order valence-electron chi connectivity index (χ2n) is 9.51. The van der Waals surface area contributed by atoms with Gasteiger partial charge in [-0.25, -0.2) is 0 Å². The average molecular weight is 531 g/mol. The van der Waals surface area contributed by atoms with Crippen molar-refractivity contribution in [1.82, 2.24) is 15.6 Å². The van der Waals surface area contributed by atoms with Crippen molar-refractivity contribution in [2.45, 2.75) is 49.3 Å². The van der Waals surface area contributed by atoms with E-state index in [2.05, 4.69) is 15.8 Å². The molecule has 12 heteroatoms. The Labute approximate surface area is 210 Å². The number of hydrogen-bond donors (Lipinski definition) is 3. The standard InChI is InChI=1S/C25H28F6N4O2/c1-17(18-9-20(24(26,27)28)11-21(10-18)25(29,30)31)37-14-23(19-5-3-2-4-6-19)8-7-22(13-36,12-32-23)35-15-33-34-16-35/h2-6,9-11,15,17,32,34,36H,7-8,12-14,16H2,1H3. The van der Waals surface area contributed by atoms with Crippen LogP contribution in [0.4, 0.5) is 26.3 Å². The summed E-state index contributed by atoms with van der Waals surface area (Å²) in [4.78, 5) is 1.90. The normalized spacial score (nSPS) is 25.2. The van der Waals surface area contributed by atoms with Gasteiger partial charge in [-0.15, -0.1) is 0 Å². The summed E-state index contributed by atoms with van der Waals surface area (Å²) in [6.45, 7) is 2.07. The summed E-state index contributed by atoms with van der Waals surface area (Å²) in [6, 6.07) is 10.8. The molecule has 0 amide bonds. The highest BCUT2D eigenvalue weighted by molar-refractivity contribution is 5.58. The Balaban J connectivity index is 1.59. The summed E-state index contributed by atoms with van der Waals surface area (Å²) in [5, 5.41) is 17.7. The zero-order chi connectivity index (χ0) is 26.9. The first kappa shape index (κ1) is 27.2. The first-order valence-electron chi connectivity index (χ1n) is 11.7. The summed E-state index contributed by atoms with van der Waals surface area (Å²) in [6.07, 6.45) is -8.27. The van der Waals surface area contributed by atoms with Gasteiger partial charge >= 0.3 is 12.4 Å². The molecule has 0 bridgehead atoms. The lowest BCUT2D eigenvalue weighted by Gasteiger charge is -2.50. The molecule has 3 unspecified atom stereocenters. The van der Waals surface area contributed by atoms with Gasteiger partial charge in [-0.2, -0.15) is 31.4 Å². The number of aliphatic hydroxyl groups excluding tert-OH is 1. The molecule has 202 valence electrons. The van der Waals surface area contributed by atoms with Crippen molar-refractivity contribution >= 4 is 6.34 Å². The molecular weight excluding hydrogens is 502 g/mol. The fraction of sp³-hybridized carbons (Fsp3) is 0.480. The third-order valence-electron chi connectivity index (χ3n) is 7.19. The molecule has 1 fully saturated rings. The van der Waals surface area contributed by atoms with E-state index in [9.17, 15) is 31.4 Å². The van der Waals surface area contributed by atoms with Crippen LogP contribution in [0.3, 0.4) is 0 Å². The molecule has 2 aliphatic heterocycles. The van der Waals surface area contributed by atoms with Gasteiger partial charge < -0.3 is 20.1 Å². The molecule has 2 heterocycles. The first-order valence-corrected chi connectivity index (χ1v) is 11.7. The molecule has 3 atom stereocenters. The third kappa shape index (κ3) is 5.70. The molecule has 0 saturated carbocycles. The minimum atomic E-state index is -4.94. The van der Waals surface area contributed by atoms with E-state index in [0.29, 0.717) is 38.2 Å². The van der Waals surface area contributed by atoms with Gasteiger partial charge in [-0.1, -0.05) is 30.3 Å². The van der Waals surface area contributed by atoms with Gasteiger partial charge in [0.1, 0.15) is 13.0 Å². The number of hydrazone groups is 1. The number of hydrogen-bond acceptors (Lipinski definition) is 6. The monoisotopic (exact) mass is 530 g/mol. The van der Waals surface area contributed by atoms with Crippen LogP contribution in [0.2, 0.25) is 0 Å². The molecule has 6 nitrogen and oxygen atoms in total. The van der Waals surface area contributed by atoms with Crippen LogP contribution in [0.15, 0.2) is 53.6 Å². The zero-order valence-corrected chi connectivity index (χ0v) is 20.0. The van der Waals surface area contributed by atoms with Gasteiger partial charge in [0.05, 0.1) is 41.5 Å². The smallest absolute Gasteiger partial charge is 0.394 e. The maximum absolute atomic E-state index is 13.3. The molecule has 2 aromatic rings. The molecule has 37 heavy (non-hydrogen) atoms. The van der Waals surface area contributed by atoms with Crippen molar-refractivity contribution in [3.63, 3.8) is 0 Å². The van der Waals surface area contributed by atoms with Gasteiger partial charge in [0.2, 0.25) is 0 Å². The van der Waals surface area contributed by atoms with E-state index in [0.717, 1.165) is 5.56 Å². The summed E-state index contributed by atoms with van der Waals surface area (Å²) in [5.74, 6) is 0. The molecule has 0 radical (unpaired) electrons.